The van der Waals surface area contributed by atoms with Gasteiger partial charge in [-0.3, -0.25) is 17.1 Å². The van der Waals surface area contributed by atoms with E-state index in [2.05, 4.69) is 22.6 Å². The van der Waals surface area contributed by atoms with Crippen LogP contribution in [0.5, 0.6) is 0 Å². The van der Waals surface area contributed by atoms with Crippen LogP contribution in [0.1, 0.15) is 25.7 Å². The first-order valence-corrected chi connectivity index (χ1v) is 7.46. The monoisotopic (exact) mass is 287 g/mol. The van der Waals surface area contributed by atoms with Gasteiger partial charge in [0, 0.05) is 38.4 Å². The fourth-order valence-electron chi connectivity index (χ4n) is 1.74. The van der Waals surface area contributed by atoms with Crippen LogP contribution in [0, 0.1) is 0 Å². The molecule has 9 N–H and O–H groups in total. The summed E-state index contributed by atoms with van der Waals surface area (Å²) in [4.78, 5) is 0. The third-order valence-corrected chi connectivity index (χ3v) is 2.97. The lowest BCUT2D eigenvalue weighted by Crippen LogP contribution is -2.35. The highest BCUT2D eigenvalue weighted by Gasteiger charge is 1.98. The van der Waals surface area contributed by atoms with Crippen molar-refractivity contribution in [3.8, 4) is 0 Å². The van der Waals surface area contributed by atoms with Gasteiger partial charge in [-0.25, -0.2) is 5.01 Å². The zero-order valence-electron chi connectivity index (χ0n) is 12.7. The zero-order chi connectivity index (χ0) is 15.1. The molecule has 7 nitrogen and oxygen atoms in total. The third-order valence-electron chi connectivity index (χ3n) is 2.97. The van der Waals surface area contributed by atoms with Crippen LogP contribution < -0.4 is 33.5 Å². The summed E-state index contributed by atoms with van der Waals surface area (Å²) in [7, 11) is 0. The second-order valence-corrected chi connectivity index (χ2v) is 4.89. The summed E-state index contributed by atoms with van der Waals surface area (Å²) in [6.45, 7) is 9.89. The Bertz CT molecular complexity index is 223. The number of hydrogen-bond donors (Lipinski definition) is 6. The van der Waals surface area contributed by atoms with Crippen molar-refractivity contribution in [2.24, 2.45) is 17.4 Å². The average molecular weight is 287 g/mol. The highest BCUT2D eigenvalue weighted by Crippen LogP contribution is 1.91. The Kier molecular flexibility index (Phi) is 14.2. The van der Waals surface area contributed by atoms with Gasteiger partial charge in [0.1, 0.15) is 0 Å². The number of nitrogens with one attached hydrogen (secondary N) is 3. The predicted molar refractivity (Wildman–Crippen MR) is 85.5 cm³/mol. The fraction of sp³-hybridized carbons (Fsp3) is 0.846. The van der Waals surface area contributed by atoms with Crippen LogP contribution in [-0.2, 0) is 0 Å². The number of nitrogens with zero attached hydrogens (tertiary/aromatic N) is 1. The highest BCUT2D eigenvalue weighted by molar-refractivity contribution is 4.91. The van der Waals surface area contributed by atoms with E-state index in [1.807, 2.05) is 5.01 Å². The summed E-state index contributed by atoms with van der Waals surface area (Å²) in [6.07, 6.45) is 4.31. The van der Waals surface area contributed by atoms with E-state index in [1.54, 1.807) is 0 Å². The maximum Gasteiger partial charge on any atom is 0.0322 e. The molecule has 0 aliphatic heterocycles. The Hall–Kier alpha value is -0.700. The van der Waals surface area contributed by atoms with E-state index in [0.717, 1.165) is 70.6 Å². The normalized spacial score (nSPS) is 11.0. The Morgan fingerprint density at radius 2 is 1.65 bits per heavy atom. The van der Waals surface area contributed by atoms with E-state index in [1.165, 1.54) is 0 Å². The largest absolute Gasteiger partial charge is 0.388 e. The topological polar surface area (TPSA) is 117 Å². The van der Waals surface area contributed by atoms with Crippen molar-refractivity contribution in [1.82, 2.24) is 21.1 Å². The fourth-order valence-corrected chi connectivity index (χ4v) is 1.74. The Morgan fingerprint density at radius 1 is 0.950 bits per heavy atom. The molecule has 0 amide bonds. The molecular weight excluding hydrogens is 254 g/mol. The van der Waals surface area contributed by atoms with Crippen molar-refractivity contribution in [3.05, 3.63) is 12.3 Å². The van der Waals surface area contributed by atoms with Crippen LogP contribution >= 0.6 is 0 Å². The van der Waals surface area contributed by atoms with E-state index in [4.69, 9.17) is 17.4 Å². The Labute approximate surface area is 123 Å². The minimum atomic E-state index is 0.504. The van der Waals surface area contributed by atoms with Crippen molar-refractivity contribution in [1.29, 1.82) is 0 Å². The maximum absolute atomic E-state index is 5.85. The molecule has 0 spiro atoms. The van der Waals surface area contributed by atoms with E-state index < -0.39 is 0 Å². The predicted octanol–water partition coefficient (Wildman–Crippen LogP) is -1.16. The van der Waals surface area contributed by atoms with Crippen LogP contribution in [0.4, 0.5) is 0 Å². The van der Waals surface area contributed by atoms with Crippen molar-refractivity contribution in [3.63, 3.8) is 0 Å². The first-order valence-electron chi connectivity index (χ1n) is 7.46. The molecule has 0 saturated heterocycles. The molecule has 0 aliphatic carbocycles. The third kappa shape index (κ3) is 13.7. The van der Waals surface area contributed by atoms with Crippen molar-refractivity contribution in [2.75, 3.05) is 45.8 Å². The second kappa shape index (κ2) is 14.7. The molecule has 0 atom stereocenters. The molecule has 0 unspecified atom stereocenters. The van der Waals surface area contributed by atoms with E-state index in [0.29, 0.717) is 6.54 Å². The lowest BCUT2D eigenvalue weighted by atomic mass is 10.3. The van der Waals surface area contributed by atoms with Gasteiger partial charge in [0.15, 0.2) is 0 Å². The molecule has 0 radical (unpaired) electrons. The summed E-state index contributed by atoms with van der Waals surface area (Å²) in [5.41, 5.74) is 8.95. The molecule has 0 heterocycles. The summed E-state index contributed by atoms with van der Waals surface area (Å²) >= 11 is 0. The van der Waals surface area contributed by atoms with E-state index in [-0.39, 0.29) is 0 Å². The van der Waals surface area contributed by atoms with E-state index >= 15 is 0 Å². The molecule has 0 bridgehead atoms. The standard InChI is InChI=1S/C13H33N7/c1-13(12-14)18-8-4-7-17-6-2-3-10-20(16)11-5-9-19-15/h17-19H,1-12,14-16H2. The molecule has 120 valence electrons. The van der Waals surface area contributed by atoms with Gasteiger partial charge in [-0.1, -0.05) is 6.58 Å². The van der Waals surface area contributed by atoms with Gasteiger partial charge in [-0.05, 0) is 38.8 Å². The summed E-state index contributed by atoms with van der Waals surface area (Å²) in [5, 5.41) is 8.45. The molecule has 0 aromatic heterocycles. The van der Waals surface area contributed by atoms with Gasteiger partial charge in [-0.15, -0.1) is 0 Å². The average Bonchev–Trinajstić information content (AvgIpc) is 2.45. The van der Waals surface area contributed by atoms with Crippen molar-refractivity contribution >= 4 is 0 Å². The quantitative estimate of drug-likeness (QED) is 0.128. The maximum atomic E-state index is 5.85. The molecule has 0 aromatic rings. The van der Waals surface area contributed by atoms with Gasteiger partial charge in [0.25, 0.3) is 0 Å². The lowest BCUT2D eigenvalue weighted by Gasteiger charge is -2.15. The SMILES string of the molecule is C=C(CN)NCCCNCCCCN(N)CCCNN. The molecule has 0 aromatic carbocycles. The number of hydrogen-bond acceptors (Lipinski definition) is 7. The van der Waals surface area contributed by atoms with Crippen molar-refractivity contribution < 1.29 is 0 Å². The van der Waals surface area contributed by atoms with Crippen molar-refractivity contribution in [2.45, 2.75) is 25.7 Å². The molecule has 0 saturated carbocycles. The molecule has 0 rings (SSSR count). The molecule has 20 heavy (non-hydrogen) atoms. The molecular formula is C13H33N7. The van der Waals surface area contributed by atoms with Gasteiger partial charge in [0.05, 0.1) is 0 Å². The Morgan fingerprint density at radius 3 is 2.35 bits per heavy atom. The zero-order valence-corrected chi connectivity index (χ0v) is 12.7. The van der Waals surface area contributed by atoms with Gasteiger partial charge in [0.2, 0.25) is 0 Å². The number of nitrogens with two attached hydrogens (primary N) is 3. The molecule has 0 aliphatic rings. The van der Waals surface area contributed by atoms with Crippen LogP contribution in [-0.4, -0.2) is 50.8 Å². The smallest absolute Gasteiger partial charge is 0.0322 e. The van der Waals surface area contributed by atoms with Gasteiger partial charge in [-0.2, -0.15) is 0 Å². The molecule has 7 heteroatoms. The first-order chi connectivity index (χ1) is 9.70. The van der Waals surface area contributed by atoms with Crippen LogP contribution in [0.25, 0.3) is 0 Å². The second-order valence-electron chi connectivity index (χ2n) is 4.89. The summed E-state index contributed by atoms with van der Waals surface area (Å²) in [5.74, 6) is 11.0. The lowest BCUT2D eigenvalue weighted by molar-refractivity contribution is 0.272. The number of unbranched alkanes of at least 4 members (excludes halogenated alkanes) is 1. The van der Waals surface area contributed by atoms with Crippen LogP contribution in [0.15, 0.2) is 12.3 Å². The minimum Gasteiger partial charge on any atom is -0.388 e. The minimum absolute atomic E-state index is 0.504. The van der Waals surface area contributed by atoms with Gasteiger partial charge >= 0.3 is 0 Å². The Balaban J connectivity index is 3.14. The molecule has 0 fully saturated rings. The summed E-state index contributed by atoms with van der Waals surface area (Å²) < 4.78 is 0. The highest BCUT2D eigenvalue weighted by atomic mass is 15.4. The first kappa shape index (κ1) is 19.3. The summed E-state index contributed by atoms with van der Waals surface area (Å²) in [6, 6.07) is 0. The van der Waals surface area contributed by atoms with Gasteiger partial charge < -0.3 is 16.4 Å². The van der Waals surface area contributed by atoms with Crippen LogP contribution in [0.2, 0.25) is 0 Å². The van der Waals surface area contributed by atoms with Crippen LogP contribution in [0.3, 0.4) is 0 Å². The van der Waals surface area contributed by atoms with E-state index in [9.17, 15) is 0 Å². The number of rotatable bonds is 15. The number of hydrazine groups is 2.